The quantitative estimate of drug-likeness (QED) is 0.818. The maximum absolute atomic E-state index is 3.45. The van der Waals surface area contributed by atoms with Crippen LogP contribution in [0.25, 0.3) is 0 Å². The third-order valence-corrected chi connectivity index (χ3v) is 3.33. The van der Waals surface area contributed by atoms with Crippen molar-refractivity contribution in [3.8, 4) is 0 Å². The van der Waals surface area contributed by atoms with E-state index in [9.17, 15) is 0 Å². The number of rotatable bonds is 2. The molecule has 88 valence electrons. The number of nitrogens with zero attached hydrogens (tertiary/aromatic N) is 1. The first-order valence-electron chi connectivity index (χ1n) is 6.25. The van der Waals surface area contributed by atoms with Crippen molar-refractivity contribution in [2.45, 2.75) is 26.8 Å². The lowest BCUT2D eigenvalue weighted by Gasteiger charge is -2.20. The summed E-state index contributed by atoms with van der Waals surface area (Å²) in [5, 5.41) is 3.45. The van der Waals surface area contributed by atoms with Gasteiger partial charge in [0.15, 0.2) is 0 Å². The average Bonchev–Trinajstić information content (AvgIpc) is 2.52. The number of hydrogen-bond donors (Lipinski definition) is 1. The number of aryl methyl sites for hydroxylation is 2. The van der Waals surface area contributed by atoms with Gasteiger partial charge < -0.3 is 5.32 Å². The fraction of sp³-hybridized carbons (Fsp3) is 0.571. The second kappa shape index (κ2) is 5.46. The van der Waals surface area contributed by atoms with Crippen molar-refractivity contribution in [3.05, 3.63) is 34.9 Å². The van der Waals surface area contributed by atoms with Gasteiger partial charge >= 0.3 is 0 Å². The lowest BCUT2D eigenvalue weighted by Crippen LogP contribution is -2.27. The minimum absolute atomic E-state index is 1.11. The predicted molar refractivity (Wildman–Crippen MR) is 68.7 cm³/mol. The molecule has 0 spiro atoms. The standard InChI is InChI=1S/C14H22N2/c1-12-4-5-13(2)14(10-12)11-16-8-3-6-15-7-9-16/h4-5,10,15H,3,6-9,11H2,1-2H3. The Hall–Kier alpha value is -0.860. The summed E-state index contributed by atoms with van der Waals surface area (Å²) in [6.07, 6.45) is 1.27. The molecule has 1 fully saturated rings. The van der Waals surface area contributed by atoms with Crippen molar-refractivity contribution >= 4 is 0 Å². The van der Waals surface area contributed by atoms with Crippen molar-refractivity contribution in [1.29, 1.82) is 0 Å². The summed E-state index contributed by atoms with van der Waals surface area (Å²) in [5.41, 5.74) is 4.28. The van der Waals surface area contributed by atoms with E-state index in [4.69, 9.17) is 0 Å². The van der Waals surface area contributed by atoms with Crippen molar-refractivity contribution in [2.75, 3.05) is 26.2 Å². The average molecular weight is 218 g/mol. The summed E-state index contributed by atoms with van der Waals surface area (Å²) in [5.74, 6) is 0. The topological polar surface area (TPSA) is 15.3 Å². The molecule has 0 saturated carbocycles. The van der Waals surface area contributed by atoms with Crippen LogP contribution in [-0.4, -0.2) is 31.1 Å². The molecule has 1 aromatic carbocycles. The zero-order valence-electron chi connectivity index (χ0n) is 10.4. The summed E-state index contributed by atoms with van der Waals surface area (Å²) >= 11 is 0. The van der Waals surface area contributed by atoms with Crippen LogP contribution in [0.3, 0.4) is 0 Å². The van der Waals surface area contributed by atoms with Gasteiger partial charge in [-0.15, -0.1) is 0 Å². The van der Waals surface area contributed by atoms with E-state index in [-0.39, 0.29) is 0 Å². The Morgan fingerprint density at radius 1 is 1.19 bits per heavy atom. The zero-order valence-corrected chi connectivity index (χ0v) is 10.4. The molecular weight excluding hydrogens is 196 g/mol. The van der Waals surface area contributed by atoms with Crippen LogP contribution in [0, 0.1) is 13.8 Å². The highest BCUT2D eigenvalue weighted by Gasteiger charge is 2.10. The molecule has 0 aliphatic carbocycles. The van der Waals surface area contributed by atoms with E-state index < -0.39 is 0 Å². The highest BCUT2D eigenvalue weighted by molar-refractivity contribution is 5.30. The molecule has 1 heterocycles. The Morgan fingerprint density at radius 3 is 2.94 bits per heavy atom. The molecule has 1 N–H and O–H groups in total. The molecular formula is C14H22N2. The Kier molecular flexibility index (Phi) is 3.97. The first kappa shape index (κ1) is 11.6. The molecule has 0 bridgehead atoms. The van der Waals surface area contributed by atoms with Crippen molar-refractivity contribution < 1.29 is 0 Å². The third kappa shape index (κ3) is 3.06. The number of hydrogen-bond acceptors (Lipinski definition) is 2. The van der Waals surface area contributed by atoms with Crippen LogP contribution in [0.1, 0.15) is 23.1 Å². The third-order valence-electron chi connectivity index (χ3n) is 3.33. The number of benzene rings is 1. The molecule has 16 heavy (non-hydrogen) atoms. The molecule has 2 heteroatoms. The largest absolute Gasteiger partial charge is 0.315 e. The Bertz CT molecular complexity index is 339. The molecule has 1 aromatic rings. The highest BCUT2D eigenvalue weighted by Crippen LogP contribution is 2.13. The lowest BCUT2D eigenvalue weighted by atomic mass is 10.1. The predicted octanol–water partition coefficient (Wildman–Crippen LogP) is 2.10. The molecule has 0 amide bonds. The molecule has 1 saturated heterocycles. The van der Waals surface area contributed by atoms with E-state index >= 15 is 0 Å². The van der Waals surface area contributed by atoms with E-state index in [0.717, 1.165) is 13.1 Å². The first-order chi connectivity index (χ1) is 7.75. The second-order valence-electron chi connectivity index (χ2n) is 4.81. The van der Waals surface area contributed by atoms with Gasteiger partial charge in [-0.1, -0.05) is 23.8 Å². The van der Waals surface area contributed by atoms with E-state index in [1.807, 2.05) is 0 Å². The summed E-state index contributed by atoms with van der Waals surface area (Å²) in [6.45, 7) is 10.2. The maximum Gasteiger partial charge on any atom is 0.0237 e. The maximum atomic E-state index is 3.45. The van der Waals surface area contributed by atoms with Crippen LogP contribution >= 0.6 is 0 Å². The Labute approximate surface area is 98.7 Å². The minimum Gasteiger partial charge on any atom is -0.315 e. The van der Waals surface area contributed by atoms with Gasteiger partial charge in [0.1, 0.15) is 0 Å². The van der Waals surface area contributed by atoms with Gasteiger partial charge in [0.2, 0.25) is 0 Å². The fourth-order valence-corrected chi connectivity index (χ4v) is 2.27. The van der Waals surface area contributed by atoms with Gasteiger partial charge in [0.25, 0.3) is 0 Å². The van der Waals surface area contributed by atoms with Crippen molar-refractivity contribution in [3.63, 3.8) is 0 Å². The summed E-state index contributed by atoms with van der Waals surface area (Å²) in [6, 6.07) is 6.76. The van der Waals surface area contributed by atoms with Crippen molar-refractivity contribution in [2.24, 2.45) is 0 Å². The molecule has 0 unspecified atom stereocenters. The monoisotopic (exact) mass is 218 g/mol. The van der Waals surface area contributed by atoms with E-state index in [2.05, 4.69) is 42.3 Å². The first-order valence-corrected chi connectivity index (χ1v) is 6.25. The van der Waals surface area contributed by atoms with E-state index in [0.29, 0.717) is 0 Å². The zero-order chi connectivity index (χ0) is 11.4. The van der Waals surface area contributed by atoms with Crippen LogP contribution < -0.4 is 5.32 Å². The van der Waals surface area contributed by atoms with Crippen molar-refractivity contribution in [1.82, 2.24) is 10.2 Å². The van der Waals surface area contributed by atoms with Gasteiger partial charge in [-0.3, -0.25) is 4.90 Å². The summed E-state index contributed by atoms with van der Waals surface area (Å²) in [4.78, 5) is 2.56. The van der Waals surface area contributed by atoms with Gasteiger partial charge in [0.05, 0.1) is 0 Å². The highest BCUT2D eigenvalue weighted by atomic mass is 15.1. The minimum atomic E-state index is 1.11. The smallest absolute Gasteiger partial charge is 0.0237 e. The second-order valence-corrected chi connectivity index (χ2v) is 4.81. The van der Waals surface area contributed by atoms with E-state index in [1.54, 1.807) is 0 Å². The Balaban J connectivity index is 2.04. The van der Waals surface area contributed by atoms with Crippen LogP contribution in [0.4, 0.5) is 0 Å². The molecule has 1 aliphatic heterocycles. The van der Waals surface area contributed by atoms with Crippen LogP contribution in [-0.2, 0) is 6.54 Å². The molecule has 1 aliphatic rings. The van der Waals surface area contributed by atoms with E-state index in [1.165, 1.54) is 42.7 Å². The molecule has 2 rings (SSSR count). The van der Waals surface area contributed by atoms with Gasteiger partial charge in [-0.05, 0) is 44.5 Å². The molecule has 2 nitrogen and oxygen atoms in total. The van der Waals surface area contributed by atoms with Crippen LogP contribution in [0.2, 0.25) is 0 Å². The summed E-state index contributed by atoms with van der Waals surface area (Å²) < 4.78 is 0. The van der Waals surface area contributed by atoms with Gasteiger partial charge in [0, 0.05) is 19.6 Å². The Morgan fingerprint density at radius 2 is 2.06 bits per heavy atom. The normalized spacial score (nSPS) is 18.4. The number of nitrogens with one attached hydrogen (secondary N) is 1. The molecule has 0 atom stereocenters. The van der Waals surface area contributed by atoms with Crippen LogP contribution in [0.15, 0.2) is 18.2 Å². The fourth-order valence-electron chi connectivity index (χ4n) is 2.27. The van der Waals surface area contributed by atoms with Gasteiger partial charge in [-0.25, -0.2) is 0 Å². The molecule has 0 radical (unpaired) electrons. The summed E-state index contributed by atoms with van der Waals surface area (Å²) in [7, 11) is 0. The lowest BCUT2D eigenvalue weighted by molar-refractivity contribution is 0.284. The van der Waals surface area contributed by atoms with Crippen LogP contribution in [0.5, 0.6) is 0 Å². The van der Waals surface area contributed by atoms with Gasteiger partial charge in [-0.2, -0.15) is 0 Å². The SMILES string of the molecule is Cc1ccc(C)c(CN2CCCNCC2)c1. The molecule has 0 aromatic heterocycles.